The van der Waals surface area contributed by atoms with Crippen LogP contribution in [0.15, 0.2) is 60.7 Å². The molecule has 0 unspecified atom stereocenters. The van der Waals surface area contributed by atoms with E-state index in [1.807, 2.05) is 60.7 Å². The largest absolute Gasteiger partial charge is 0.469 e. The number of Topliss-reactive ketones (excluding diaryl/α,β-unsaturated/α-hetero) is 1. The normalized spacial score (nSPS) is 34.2. The molecule has 0 bridgehead atoms. The van der Waals surface area contributed by atoms with Crippen molar-refractivity contribution in [1.82, 2.24) is 0 Å². The van der Waals surface area contributed by atoms with Gasteiger partial charge in [0.15, 0.2) is 0 Å². The quantitative estimate of drug-likeness (QED) is 0.136. The first kappa shape index (κ1) is 35.4. The Hall–Kier alpha value is -2.44. The lowest BCUT2D eigenvalue weighted by Gasteiger charge is -2.51. The van der Waals surface area contributed by atoms with Crippen LogP contribution in [0.4, 0.5) is 0 Å². The van der Waals surface area contributed by atoms with Crippen molar-refractivity contribution in [2.24, 2.45) is 0 Å². The summed E-state index contributed by atoms with van der Waals surface area (Å²) in [5.41, 5.74) is 2.07. The molecule has 10 atom stereocenters. The standard InChI is InChI=1S/C38H52O9Si/c1-6-48(7-2,8-3)38-22-32-28(44-31(37(38)47-38)21-33(40)41-5)20-30-35(46-32)36(43-24-27-17-13-10-14-18-27)34(29(45-30)19-25(4)39)42-23-26-15-11-9-12-16-26/h9-18,28-32,34-37H,6-8,19-24H2,1-5H3/t28-,29-,30+,31+,32+,34-,35+,36+,37-,38-/m0/s1. The molecule has 0 amide bonds. The first-order chi connectivity index (χ1) is 23.3. The van der Waals surface area contributed by atoms with Crippen LogP contribution in [0.25, 0.3) is 0 Å². The fourth-order valence-corrected chi connectivity index (χ4v) is 13.8. The number of fused-ring (bicyclic) bond motifs is 3. The lowest BCUT2D eigenvalue weighted by atomic mass is 9.85. The van der Waals surface area contributed by atoms with E-state index in [4.69, 9.17) is 33.2 Å². The third-order valence-corrected chi connectivity index (χ3v) is 17.9. The molecule has 0 radical (unpaired) electrons. The summed E-state index contributed by atoms with van der Waals surface area (Å²) < 4.78 is 46.0. The molecule has 262 valence electrons. The molecule has 6 rings (SSSR count). The predicted molar refractivity (Wildman–Crippen MR) is 182 cm³/mol. The molecule has 0 spiro atoms. The number of rotatable bonds is 14. The summed E-state index contributed by atoms with van der Waals surface area (Å²) in [5.74, 6) is -0.288. The van der Waals surface area contributed by atoms with Crippen LogP contribution in [0.2, 0.25) is 18.1 Å². The van der Waals surface area contributed by atoms with Gasteiger partial charge in [-0.05, 0) is 18.1 Å². The van der Waals surface area contributed by atoms with E-state index in [9.17, 15) is 9.59 Å². The van der Waals surface area contributed by atoms with Crippen molar-refractivity contribution in [2.45, 2.75) is 145 Å². The van der Waals surface area contributed by atoms with Crippen molar-refractivity contribution < 1.29 is 42.7 Å². The highest BCUT2D eigenvalue weighted by Gasteiger charge is 2.73. The average Bonchev–Trinajstić information content (AvgIpc) is 3.84. The van der Waals surface area contributed by atoms with Crippen molar-refractivity contribution in [3.05, 3.63) is 71.8 Å². The highest BCUT2D eigenvalue weighted by atomic mass is 28.3. The van der Waals surface area contributed by atoms with Crippen molar-refractivity contribution in [3.8, 4) is 0 Å². The van der Waals surface area contributed by atoms with E-state index in [2.05, 4.69) is 20.8 Å². The summed E-state index contributed by atoms with van der Waals surface area (Å²) in [6.45, 7) is 9.17. The van der Waals surface area contributed by atoms with Crippen LogP contribution in [0.3, 0.4) is 0 Å². The lowest BCUT2D eigenvalue weighted by Crippen LogP contribution is -2.65. The van der Waals surface area contributed by atoms with Crippen LogP contribution in [0.5, 0.6) is 0 Å². The molecule has 4 aliphatic rings. The number of hydrogen-bond donors (Lipinski definition) is 0. The molecule has 48 heavy (non-hydrogen) atoms. The van der Waals surface area contributed by atoms with Crippen LogP contribution in [-0.2, 0) is 56.0 Å². The Bertz CT molecular complexity index is 1360. The maximum absolute atomic E-state index is 12.6. The van der Waals surface area contributed by atoms with Gasteiger partial charge in [0.25, 0.3) is 0 Å². The molecular weight excluding hydrogens is 628 g/mol. The number of carbonyl (C=O) groups excluding carboxylic acids is 2. The fraction of sp³-hybridized carbons (Fsp3) is 0.632. The zero-order valence-electron chi connectivity index (χ0n) is 29.0. The third kappa shape index (κ3) is 7.08. The highest BCUT2D eigenvalue weighted by molar-refractivity contribution is 6.83. The molecule has 4 fully saturated rings. The number of ketones is 1. The lowest BCUT2D eigenvalue weighted by molar-refractivity contribution is -0.305. The summed E-state index contributed by atoms with van der Waals surface area (Å²) >= 11 is 0. The molecule has 9 nitrogen and oxygen atoms in total. The second kappa shape index (κ2) is 15.2. The summed E-state index contributed by atoms with van der Waals surface area (Å²) in [6, 6.07) is 23.3. The molecule has 4 heterocycles. The van der Waals surface area contributed by atoms with Crippen molar-refractivity contribution in [1.29, 1.82) is 0 Å². The number of epoxide rings is 1. The van der Waals surface area contributed by atoms with Gasteiger partial charge in [-0.3, -0.25) is 9.59 Å². The molecule has 0 aliphatic carbocycles. The van der Waals surface area contributed by atoms with Crippen LogP contribution in [-0.4, -0.2) is 87.1 Å². The Balaban J connectivity index is 1.33. The van der Waals surface area contributed by atoms with Gasteiger partial charge in [0.1, 0.15) is 30.2 Å². The van der Waals surface area contributed by atoms with E-state index in [-0.39, 0.29) is 54.2 Å². The minimum Gasteiger partial charge on any atom is -0.469 e. The van der Waals surface area contributed by atoms with Gasteiger partial charge in [0.2, 0.25) is 0 Å². The van der Waals surface area contributed by atoms with Crippen LogP contribution < -0.4 is 0 Å². The Labute approximate surface area is 285 Å². The van der Waals surface area contributed by atoms with Gasteiger partial charge in [-0.1, -0.05) is 99.6 Å². The molecule has 2 aromatic carbocycles. The van der Waals surface area contributed by atoms with Gasteiger partial charge < -0.3 is 33.2 Å². The smallest absolute Gasteiger partial charge is 0.308 e. The molecule has 0 saturated carbocycles. The number of hydrogen-bond acceptors (Lipinski definition) is 9. The molecular formula is C38H52O9Si. The Morgan fingerprint density at radius 1 is 0.771 bits per heavy atom. The van der Waals surface area contributed by atoms with Crippen LogP contribution in [0, 0.1) is 0 Å². The second-order valence-electron chi connectivity index (χ2n) is 14.0. The minimum atomic E-state index is -1.95. The van der Waals surface area contributed by atoms with E-state index in [0.29, 0.717) is 26.1 Å². The number of carbonyl (C=O) groups is 2. The van der Waals surface area contributed by atoms with Gasteiger partial charge in [-0.2, -0.15) is 0 Å². The SMILES string of the molecule is CC[Si](CC)(CC)[C@@]12C[C@H]3O[C@H]4[C@H](OCc5ccccc5)[C@@H](OCc5ccccc5)[C@H](CC(C)=O)O[C@@H]4C[C@@H]3O[C@H](CC(=O)OC)[C@@H]1O2. The molecule has 0 N–H and O–H groups in total. The first-order valence-corrected chi connectivity index (χ1v) is 20.4. The zero-order valence-corrected chi connectivity index (χ0v) is 30.0. The number of benzene rings is 2. The van der Waals surface area contributed by atoms with Crippen molar-refractivity contribution in [3.63, 3.8) is 0 Å². The molecule has 10 heteroatoms. The van der Waals surface area contributed by atoms with Gasteiger partial charge in [0.05, 0.1) is 70.6 Å². The van der Waals surface area contributed by atoms with Crippen LogP contribution >= 0.6 is 0 Å². The number of esters is 1. The molecule has 4 aliphatic heterocycles. The summed E-state index contributed by atoms with van der Waals surface area (Å²) in [7, 11) is -0.536. The average molecular weight is 681 g/mol. The topological polar surface area (TPSA) is 102 Å². The zero-order chi connectivity index (χ0) is 33.9. The maximum Gasteiger partial charge on any atom is 0.308 e. The summed E-state index contributed by atoms with van der Waals surface area (Å²) in [4.78, 5) is 25.2. The van der Waals surface area contributed by atoms with Gasteiger partial charge in [-0.15, -0.1) is 0 Å². The van der Waals surface area contributed by atoms with E-state index >= 15 is 0 Å². The Morgan fingerprint density at radius 3 is 1.92 bits per heavy atom. The van der Waals surface area contributed by atoms with Gasteiger partial charge >= 0.3 is 5.97 Å². The van der Waals surface area contributed by atoms with E-state index in [1.165, 1.54) is 7.11 Å². The highest BCUT2D eigenvalue weighted by Crippen LogP contribution is 2.58. The van der Waals surface area contributed by atoms with Crippen LogP contribution in [0.1, 0.15) is 64.5 Å². The summed E-state index contributed by atoms with van der Waals surface area (Å²) in [6.07, 6.45) is -1.96. The minimum absolute atomic E-state index is 0.0196. The van der Waals surface area contributed by atoms with Crippen molar-refractivity contribution >= 4 is 19.8 Å². The Kier molecular flexibility index (Phi) is 11.2. The van der Waals surface area contributed by atoms with Crippen molar-refractivity contribution in [2.75, 3.05) is 7.11 Å². The van der Waals surface area contributed by atoms with E-state index < -0.39 is 38.6 Å². The molecule has 4 saturated heterocycles. The van der Waals surface area contributed by atoms with Gasteiger partial charge in [-0.25, -0.2) is 0 Å². The van der Waals surface area contributed by atoms with E-state index in [1.54, 1.807) is 6.92 Å². The number of ether oxygens (including phenoxy) is 7. The molecule has 0 aromatic heterocycles. The predicted octanol–water partition coefficient (Wildman–Crippen LogP) is 5.97. The third-order valence-electron chi connectivity index (χ3n) is 11.5. The number of methoxy groups -OCH3 is 1. The van der Waals surface area contributed by atoms with E-state index in [0.717, 1.165) is 29.3 Å². The maximum atomic E-state index is 12.6. The first-order valence-electron chi connectivity index (χ1n) is 17.8. The Morgan fingerprint density at radius 2 is 1.35 bits per heavy atom. The second-order valence-corrected chi connectivity index (χ2v) is 19.5. The summed E-state index contributed by atoms with van der Waals surface area (Å²) in [5, 5.41) is -0.341. The van der Waals surface area contributed by atoms with Gasteiger partial charge in [0, 0.05) is 19.3 Å². The molecule has 2 aromatic rings. The monoisotopic (exact) mass is 680 g/mol. The fourth-order valence-electron chi connectivity index (χ4n) is 8.73.